The molecule has 8 nitrogen and oxygen atoms in total. The van der Waals surface area contributed by atoms with E-state index in [1.165, 1.54) is 0 Å². The van der Waals surface area contributed by atoms with Gasteiger partial charge in [0, 0.05) is 26.2 Å². The van der Waals surface area contributed by atoms with Gasteiger partial charge in [0.05, 0.1) is 12.4 Å². The van der Waals surface area contributed by atoms with E-state index in [1.54, 1.807) is 23.5 Å². The maximum absolute atomic E-state index is 12.2. The van der Waals surface area contributed by atoms with Gasteiger partial charge in [0.2, 0.25) is 10.0 Å². The van der Waals surface area contributed by atoms with Gasteiger partial charge in [0.1, 0.15) is 5.75 Å². The van der Waals surface area contributed by atoms with Crippen molar-refractivity contribution in [3.8, 4) is 5.75 Å². The molecular formula is C19H27N3O5S. The quantitative estimate of drug-likeness (QED) is 0.643. The summed E-state index contributed by atoms with van der Waals surface area (Å²) in [7, 11) is -1.54. The first-order valence-corrected chi connectivity index (χ1v) is 11.1. The second-order valence-corrected chi connectivity index (χ2v) is 9.54. The van der Waals surface area contributed by atoms with Gasteiger partial charge >= 0.3 is 11.8 Å². The lowest BCUT2D eigenvalue weighted by molar-refractivity contribution is -0.139. The van der Waals surface area contributed by atoms with Crippen LogP contribution in [-0.4, -0.2) is 56.5 Å². The lowest BCUT2D eigenvalue weighted by Gasteiger charge is -2.31. The molecular weight excluding hydrogens is 382 g/mol. The number of ether oxygens (including phenoxy) is 1. The van der Waals surface area contributed by atoms with Crippen LogP contribution in [0, 0.1) is 5.92 Å². The monoisotopic (exact) mass is 409 g/mol. The topological polar surface area (TPSA) is 105 Å². The third-order valence-electron chi connectivity index (χ3n) is 5.25. The lowest BCUT2D eigenvalue weighted by atomic mass is 9.98. The van der Waals surface area contributed by atoms with Gasteiger partial charge in [-0.15, -0.1) is 0 Å². The molecule has 2 amide bonds. The first-order valence-electron chi connectivity index (χ1n) is 9.58. The fourth-order valence-electron chi connectivity index (χ4n) is 3.27. The number of sulfonamides is 1. The number of nitrogens with zero attached hydrogens (tertiary/aromatic N) is 1. The van der Waals surface area contributed by atoms with Crippen LogP contribution in [0.3, 0.4) is 0 Å². The molecule has 3 rings (SSSR count). The summed E-state index contributed by atoms with van der Waals surface area (Å²) < 4.78 is 31.1. The number of hydrogen-bond acceptors (Lipinski definition) is 5. The normalized spacial score (nSPS) is 18.5. The molecule has 1 heterocycles. The summed E-state index contributed by atoms with van der Waals surface area (Å²) in [5.41, 5.74) is 0.867. The number of rotatable bonds is 7. The van der Waals surface area contributed by atoms with E-state index in [-0.39, 0.29) is 17.7 Å². The highest BCUT2D eigenvalue weighted by Gasteiger charge is 2.41. The second-order valence-electron chi connectivity index (χ2n) is 7.33. The maximum Gasteiger partial charge on any atom is 0.309 e. The molecule has 28 heavy (non-hydrogen) atoms. The van der Waals surface area contributed by atoms with Crippen LogP contribution in [0.2, 0.25) is 0 Å². The summed E-state index contributed by atoms with van der Waals surface area (Å²) in [5, 5.41) is 5.07. The second kappa shape index (κ2) is 8.91. The minimum Gasteiger partial charge on any atom is -0.497 e. The smallest absolute Gasteiger partial charge is 0.309 e. The van der Waals surface area contributed by atoms with Crippen LogP contribution in [-0.2, 0) is 26.2 Å². The number of methoxy groups -OCH3 is 1. The van der Waals surface area contributed by atoms with E-state index >= 15 is 0 Å². The highest BCUT2D eigenvalue weighted by atomic mass is 32.2. The first-order chi connectivity index (χ1) is 13.4. The van der Waals surface area contributed by atoms with Crippen LogP contribution in [0.25, 0.3) is 0 Å². The van der Waals surface area contributed by atoms with E-state index in [2.05, 4.69) is 10.6 Å². The maximum atomic E-state index is 12.2. The van der Waals surface area contributed by atoms with Gasteiger partial charge in [-0.3, -0.25) is 9.59 Å². The van der Waals surface area contributed by atoms with Crippen molar-refractivity contribution in [2.45, 2.75) is 37.5 Å². The molecule has 1 aromatic carbocycles. The van der Waals surface area contributed by atoms with Gasteiger partial charge < -0.3 is 15.4 Å². The molecule has 2 fully saturated rings. The van der Waals surface area contributed by atoms with Crippen LogP contribution in [0.1, 0.15) is 31.2 Å². The Morgan fingerprint density at radius 1 is 1.04 bits per heavy atom. The molecule has 1 aliphatic heterocycles. The van der Waals surface area contributed by atoms with E-state index in [0.717, 1.165) is 24.2 Å². The Hall–Kier alpha value is -2.13. The third-order valence-corrected chi connectivity index (χ3v) is 7.65. The molecule has 0 aromatic heterocycles. The Labute approximate surface area is 165 Å². The van der Waals surface area contributed by atoms with Crippen LogP contribution in [0.4, 0.5) is 0 Å². The molecule has 0 bridgehead atoms. The van der Waals surface area contributed by atoms with Gasteiger partial charge in [0.15, 0.2) is 0 Å². The summed E-state index contributed by atoms with van der Waals surface area (Å²) in [6, 6.07) is 7.22. The molecule has 1 saturated carbocycles. The number of carbonyl (C=O) groups excluding carboxylic acids is 2. The molecule has 1 aromatic rings. The predicted octanol–water partition coefficient (Wildman–Crippen LogP) is 0.632. The van der Waals surface area contributed by atoms with E-state index < -0.39 is 21.8 Å². The SMILES string of the molecule is COc1ccc(CNC(=O)C(=O)NCC2CCN(S(=O)(=O)C3CC3)CC2)cc1. The molecule has 0 radical (unpaired) electrons. The average Bonchev–Trinajstić information content (AvgIpc) is 3.57. The van der Waals surface area contributed by atoms with Crippen LogP contribution in [0.15, 0.2) is 24.3 Å². The van der Waals surface area contributed by atoms with Crippen molar-refractivity contribution in [1.29, 1.82) is 0 Å². The molecule has 0 unspecified atom stereocenters. The van der Waals surface area contributed by atoms with Crippen LogP contribution in [0.5, 0.6) is 5.75 Å². The molecule has 0 spiro atoms. The van der Waals surface area contributed by atoms with Gasteiger partial charge in [-0.1, -0.05) is 12.1 Å². The summed E-state index contributed by atoms with van der Waals surface area (Å²) in [4.78, 5) is 23.9. The minimum absolute atomic E-state index is 0.182. The first kappa shape index (κ1) is 20.6. The fraction of sp³-hybridized carbons (Fsp3) is 0.579. The zero-order valence-electron chi connectivity index (χ0n) is 16.0. The van der Waals surface area contributed by atoms with Gasteiger partial charge in [-0.2, -0.15) is 0 Å². The van der Waals surface area contributed by atoms with E-state index in [1.807, 2.05) is 12.1 Å². The van der Waals surface area contributed by atoms with E-state index in [9.17, 15) is 18.0 Å². The number of piperidine rings is 1. The molecule has 2 aliphatic rings. The van der Waals surface area contributed by atoms with Crippen molar-refractivity contribution in [3.05, 3.63) is 29.8 Å². The number of carbonyl (C=O) groups is 2. The van der Waals surface area contributed by atoms with Crippen molar-refractivity contribution in [2.75, 3.05) is 26.7 Å². The van der Waals surface area contributed by atoms with E-state index in [4.69, 9.17) is 4.74 Å². The fourth-order valence-corrected chi connectivity index (χ4v) is 5.14. The number of benzene rings is 1. The van der Waals surface area contributed by atoms with Crippen molar-refractivity contribution in [1.82, 2.24) is 14.9 Å². The van der Waals surface area contributed by atoms with Crippen LogP contribution >= 0.6 is 0 Å². The number of nitrogens with one attached hydrogen (secondary N) is 2. The van der Waals surface area contributed by atoms with Crippen molar-refractivity contribution in [3.63, 3.8) is 0 Å². The van der Waals surface area contributed by atoms with Crippen molar-refractivity contribution in [2.24, 2.45) is 5.92 Å². The largest absolute Gasteiger partial charge is 0.497 e. The molecule has 154 valence electrons. The average molecular weight is 410 g/mol. The van der Waals surface area contributed by atoms with E-state index in [0.29, 0.717) is 32.5 Å². The van der Waals surface area contributed by atoms with Crippen molar-refractivity contribution >= 4 is 21.8 Å². The summed E-state index contributed by atoms with van der Waals surface area (Å²) in [6.45, 7) is 1.62. The molecule has 2 N–H and O–H groups in total. The standard InChI is InChI=1S/C19H27N3O5S/c1-27-16-4-2-14(3-5-16)12-20-18(23)19(24)21-13-15-8-10-22(11-9-15)28(25,26)17-6-7-17/h2-5,15,17H,6-13H2,1H3,(H,20,23)(H,21,24). The highest BCUT2D eigenvalue weighted by molar-refractivity contribution is 7.90. The highest BCUT2D eigenvalue weighted by Crippen LogP contribution is 2.33. The van der Waals surface area contributed by atoms with Gasteiger partial charge in [-0.25, -0.2) is 12.7 Å². The molecule has 0 atom stereocenters. The number of amides is 2. The molecule has 1 saturated heterocycles. The Kier molecular flexibility index (Phi) is 6.56. The van der Waals surface area contributed by atoms with Gasteiger partial charge in [-0.05, 0) is 49.3 Å². The Bertz CT molecular complexity index is 797. The molecule has 9 heteroatoms. The van der Waals surface area contributed by atoms with Gasteiger partial charge in [0.25, 0.3) is 0 Å². The van der Waals surface area contributed by atoms with Crippen LogP contribution < -0.4 is 15.4 Å². The Morgan fingerprint density at radius 3 is 2.21 bits per heavy atom. The summed E-state index contributed by atoms with van der Waals surface area (Å²) >= 11 is 0. The molecule has 1 aliphatic carbocycles. The summed E-state index contributed by atoms with van der Waals surface area (Å²) in [5.74, 6) is -0.432. The Balaban J connectivity index is 1.36. The van der Waals surface area contributed by atoms with Crippen molar-refractivity contribution < 1.29 is 22.7 Å². The summed E-state index contributed by atoms with van der Waals surface area (Å²) in [6.07, 6.45) is 2.92. The number of hydrogen-bond donors (Lipinski definition) is 2. The zero-order chi connectivity index (χ0) is 20.1. The predicted molar refractivity (Wildman–Crippen MR) is 104 cm³/mol. The third kappa shape index (κ3) is 5.23. The lowest BCUT2D eigenvalue weighted by Crippen LogP contribution is -2.45. The minimum atomic E-state index is -3.12. The Morgan fingerprint density at radius 2 is 1.64 bits per heavy atom. The zero-order valence-corrected chi connectivity index (χ0v) is 16.8.